The second kappa shape index (κ2) is 9.19. The van der Waals surface area contributed by atoms with Gasteiger partial charge in [-0.05, 0) is 31.2 Å². The third-order valence-electron chi connectivity index (χ3n) is 3.31. The molecule has 0 amide bonds. The van der Waals surface area contributed by atoms with Gasteiger partial charge in [0.2, 0.25) is 10.0 Å². The molecule has 6 nitrogen and oxygen atoms in total. The highest BCUT2D eigenvalue weighted by Gasteiger charge is 2.14. The monoisotopic (exact) mass is 363 g/mol. The summed E-state index contributed by atoms with van der Waals surface area (Å²) >= 11 is 0. The van der Waals surface area contributed by atoms with Crippen LogP contribution in [0.15, 0.2) is 59.5 Å². The first-order valence-corrected chi connectivity index (χ1v) is 9.35. The number of hydrogen-bond acceptors (Lipinski definition) is 5. The Morgan fingerprint density at radius 3 is 2.36 bits per heavy atom. The number of esters is 1. The Hall–Kier alpha value is -2.38. The Morgan fingerprint density at radius 1 is 1.00 bits per heavy atom. The van der Waals surface area contributed by atoms with Gasteiger partial charge in [-0.1, -0.05) is 35.9 Å². The number of para-hydroxylation sites is 1. The van der Waals surface area contributed by atoms with Crippen LogP contribution in [-0.2, 0) is 19.6 Å². The van der Waals surface area contributed by atoms with Crippen LogP contribution in [0.25, 0.3) is 0 Å². The third-order valence-corrected chi connectivity index (χ3v) is 4.79. The SMILES string of the molecule is Cc1ccc(S(=O)(=O)NCCC(=O)OCCOc2ccccc2)cc1. The number of nitrogens with one attached hydrogen (secondary N) is 1. The summed E-state index contributed by atoms with van der Waals surface area (Å²) in [5.74, 6) is 0.215. The summed E-state index contributed by atoms with van der Waals surface area (Å²) < 4.78 is 36.9. The van der Waals surface area contributed by atoms with Crippen molar-refractivity contribution in [2.24, 2.45) is 0 Å². The van der Waals surface area contributed by atoms with E-state index in [0.717, 1.165) is 5.56 Å². The molecule has 0 aliphatic carbocycles. The zero-order chi connectivity index (χ0) is 18.1. The lowest BCUT2D eigenvalue weighted by Gasteiger charge is -2.08. The Labute approximate surface area is 147 Å². The van der Waals surface area contributed by atoms with Crippen LogP contribution in [0.3, 0.4) is 0 Å². The van der Waals surface area contributed by atoms with Crippen LogP contribution in [0.5, 0.6) is 5.75 Å². The number of carbonyl (C=O) groups is 1. The molecule has 0 saturated carbocycles. The summed E-state index contributed by atoms with van der Waals surface area (Å²) in [4.78, 5) is 11.8. The molecule has 25 heavy (non-hydrogen) atoms. The molecule has 0 atom stereocenters. The van der Waals surface area contributed by atoms with Gasteiger partial charge >= 0.3 is 5.97 Å². The molecule has 7 heteroatoms. The molecule has 0 heterocycles. The number of benzene rings is 2. The summed E-state index contributed by atoms with van der Waals surface area (Å²) in [6.45, 7) is 2.21. The number of carbonyl (C=O) groups excluding carboxylic acids is 1. The summed E-state index contributed by atoms with van der Waals surface area (Å²) in [6.07, 6.45) is -0.0452. The van der Waals surface area contributed by atoms with E-state index < -0.39 is 16.0 Å². The summed E-state index contributed by atoms with van der Waals surface area (Å²) in [6, 6.07) is 15.7. The first-order valence-electron chi connectivity index (χ1n) is 7.87. The van der Waals surface area contributed by atoms with Crippen LogP contribution in [0.1, 0.15) is 12.0 Å². The van der Waals surface area contributed by atoms with Crippen LogP contribution in [0.4, 0.5) is 0 Å². The molecule has 0 spiro atoms. The minimum Gasteiger partial charge on any atom is -0.490 e. The fourth-order valence-electron chi connectivity index (χ4n) is 1.99. The Bertz CT molecular complexity index is 773. The molecule has 2 aromatic rings. The standard InChI is InChI=1S/C18H21NO5S/c1-15-7-9-17(10-8-15)25(21,22)19-12-11-18(20)24-14-13-23-16-5-3-2-4-6-16/h2-10,19H,11-14H2,1H3. The lowest BCUT2D eigenvalue weighted by atomic mass is 10.2. The summed E-state index contributed by atoms with van der Waals surface area (Å²) in [7, 11) is -3.62. The van der Waals surface area contributed by atoms with Gasteiger partial charge in [-0.3, -0.25) is 4.79 Å². The first-order chi connectivity index (χ1) is 12.0. The van der Waals surface area contributed by atoms with E-state index in [1.807, 2.05) is 37.3 Å². The van der Waals surface area contributed by atoms with E-state index in [-0.39, 0.29) is 31.1 Å². The van der Waals surface area contributed by atoms with Gasteiger partial charge in [-0.25, -0.2) is 13.1 Å². The highest BCUT2D eigenvalue weighted by molar-refractivity contribution is 7.89. The van der Waals surface area contributed by atoms with Crippen molar-refractivity contribution < 1.29 is 22.7 Å². The number of sulfonamides is 1. The number of ether oxygens (including phenoxy) is 2. The van der Waals surface area contributed by atoms with Gasteiger partial charge in [0, 0.05) is 6.54 Å². The topological polar surface area (TPSA) is 81.7 Å². The summed E-state index contributed by atoms with van der Waals surface area (Å²) in [5, 5.41) is 0. The van der Waals surface area contributed by atoms with Crippen molar-refractivity contribution in [2.45, 2.75) is 18.2 Å². The zero-order valence-electron chi connectivity index (χ0n) is 14.0. The maximum Gasteiger partial charge on any atom is 0.307 e. The van der Waals surface area contributed by atoms with Crippen molar-refractivity contribution in [3.05, 3.63) is 60.2 Å². The van der Waals surface area contributed by atoms with E-state index in [2.05, 4.69) is 4.72 Å². The van der Waals surface area contributed by atoms with Crippen LogP contribution in [0, 0.1) is 6.92 Å². The van der Waals surface area contributed by atoms with Gasteiger partial charge in [0.05, 0.1) is 11.3 Å². The van der Waals surface area contributed by atoms with Crippen molar-refractivity contribution >= 4 is 16.0 Å². The Kier molecular flexibility index (Phi) is 6.97. The van der Waals surface area contributed by atoms with E-state index in [4.69, 9.17) is 9.47 Å². The van der Waals surface area contributed by atoms with Crippen molar-refractivity contribution in [3.8, 4) is 5.75 Å². The van der Waals surface area contributed by atoms with Crippen molar-refractivity contribution in [3.63, 3.8) is 0 Å². The maximum absolute atomic E-state index is 12.1. The van der Waals surface area contributed by atoms with E-state index in [9.17, 15) is 13.2 Å². The summed E-state index contributed by atoms with van der Waals surface area (Å²) in [5.41, 5.74) is 0.972. The number of aryl methyl sites for hydroxylation is 1. The van der Waals surface area contributed by atoms with Gasteiger partial charge in [0.1, 0.15) is 19.0 Å². The highest BCUT2D eigenvalue weighted by atomic mass is 32.2. The first kappa shape index (κ1) is 19.0. The smallest absolute Gasteiger partial charge is 0.307 e. The van der Waals surface area contributed by atoms with E-state index in [0.29, 0.717) is 5.75 Å². The molecule has 0 aromatic heterocycles. The lowest BCUT2D eigenvalue weighted by Crippen LogP contribution is -2.27. The largest absolute Gasteiger partial charge is 0.490 e. The second-order valence-corrected chi connectivity index (χ2v) is 7.11. The zero-order valence-corrected chi connectivity index (χ0v) is 14.8. The molecule has 0 radical (unpaired) electrons. The van der Waals surface area contributed by atoms with Crippen molar-refractivity contribution in [1.82, 2.24) is 4.72 Å². The minimum atomic E-state index is -3.62. The molecule has 0 bridgehead atoms. The molecule has 0 unspecified atom stereocenters. The van der Waals surface area contributed by atoms with Crippen molar-refractivity contribution in [2.75, 3.05) is 19.8 Å². The molecule has 0 fully saturated rings. The molecular weight excluding hydrogens is 342 g/mol. The van der Waals surface area contributed by atoms with Crippen LogP contribution in [0.2, 0.25) is 0 Å². The van der Waals surface area contributed by atoms with Crippen LogP contribution in [-0.4, -0.2) is 34.1 Å². The minimum absolute atomic E-state index is 0.0193. The molecule has 0 aliphatic heterocycles. The van der Waals surface area contributed by atoms with Crippen LogP contribution < -0.4 is 9.46 Å². The average molecular weight is 363 g/mol. The normalized spacial score (nSPS) is 11.1. The molecule has 1 N–H and O–H groups in total. The fraction of sp³-hybridized carbons (Fsp3) is 0.278. The third kappa shape index (κ3) is 6.56. The molecule has 134 valence electrons. The number of hydrogen-bond donors (Lipinski definition) is 1. The molecule has 2 aromatic carbocycles. The molecule has 0 saturated heterocycles. The lowest BCUT2D eigenvalue weighted by molar-refractivity contribution is -0.144. The predicted octanol–water partition coefficient (Wildman–Crippen LogP) is 2.29. The van der Waals surface area contributed by atoms with E-state index in [1.54, 1.807) is 12.1 Å². The van der Waals surface area contributed by atoms with Crippen molar-refractivity contribution in [1.29, 1.82) is 0 Å². The van der Waals surface area contributed by atoms with Gasteiger partial charge in [0.15, 0.2) is 0 Å². The van der Waals surface area contributed by atoms with Gasteiger partial charge < -0.3 is 9.47 Å². The molecule has 2 rings (SSSR count). The molecular formula is C18H21NO5S. The number of rotatable bonds is 9. The Balaban J connectivity index is 1.65. The predicted molar refractivity (Wildman–Crippen MR) is 93.9 cm³/mol. The maximum atomic E-state index is 12.1. The van der Waals surface area contributed by atoms with E-state index >= 15 is 0 Å². The van der Waals surface area contributed by atoms with E-state index in [1.165, 1.54) is 12.1 Å². The second-order valence-electron chi connectivity index (χ2n) is 5.34. The van der Waals surface area contributed by atoms with Gasteiger partial charge in [-0.2, -0.15) is 0 Å². The van der Waals surface area contributed by atoms with Crippen LogP contribution >= 0.6 is 0 Å². The quantitative estimate of drug-likeness (QED) is 0.546. The molecule has 0 aliphatic rings. The van der Waals surface area contributed by atoms with Gasteiger partial charge in [0.25, 0.3) is 0 Å². The highest BCUT2D eigenvalue weighted by Crippen LogP contribution is 2.10. The fourth-order valence-corrected chi connectivity index (χ4v) is 3.02. The Morgan fingerprint density at radius 2 is 1.68 bits per heavy atom. The van der Waals surface area contributed by atoms with Gasteiger partial charge in [-0.15, -0.1) is 0 Å². The average Bonchev–Trinajstić information content (AvgIpc) is 2.60.